The lowest BCUT2D eigenvalue weighted by Gasteiger charge is -2.47. The highest BCUT2D eigenvalue weighted by Crippen LogP contribution is 2.38. The molecule has 3 rings (SSSR count). The highest BCUT2D eigenvalue weighted by atomic mass is 31.0. The van der Waals surface area contributed by atoms with Crippen LogP contribution in [0.3, 0.4) is 0 Å². The van der Waals surface area contributed by atoms with E-state index in [1.165, 1.54) is 6.08 Å². The summed E-state index contributed by atoms with van der Waals surface area (Å²) >= 11 is 0. The first-order chi connectivity index (χ1) is 13.1. The largest absolute Gasteiger partial charge is 0.509 e. The van der Waals surface area contributed by atoms with Crippen LogP contribution in [-0.2, 0) is 28.4 Å². The molecule has 7 atom stereocenters. The summed E-state index contributed by atoms with van der Waals surface area (Å²) < 4.78 is 34.0. The van der Waals surface area contributed by atoms with Gasteiger partial charge in [-0.15, -0.1) is 9.24 Å². The number of carbonyl (C=O) groups excluding carboxylic acids is 1. The molecule has 2 heterocycles. The van der Waals surface area contributed by atoms with Gasteiger partial charge >= 0.3 is 6.16 Å². The van der Waals surface area contributed by atoms with Crippen molar-refractivity contribution in [3.63, 3.8) is 0 Å². The lowest BCUT2D eigenvalue weighted by Crippen LogP contribution is -2.59. The topological polar surface area (TPSA) is 72.5 Å². The van der Waals surface area contributed by atoms with E-state index >= 15 is 0 Å². The lowest BCUT2D eigenvalue weighted by molar-refractivity contribution is -0.349. The average Bonchev–Trinajstić information content (AvgIpc) is 2.70. The quantitative estimate of drug-likeness (QED) is 0.416. The van der Waals surface area contributed by atoms with Gasteiger partial charge in [0.2, 0.25) is 0 Å². The van der Waals surface area contributed by atoms with Gasteiger partial charge in [-0.2, -0.15) is 0 Å². The molecule has 0 aromatic heterocycles. The van der Waals surface area contributed by atoms with Crippen LogP contribution in [0.15, 0.2) is 43.0 Å². The molecule has 0 N–H and O–H groups in total. The van der Waals surface area contributed by atoms with Crippen molar-refractivity contribution in [1.29, 1.82) is 0 Å². The standard InChI is InChI=1S/C19H25O7P/c1-3-9-21-19(20)26-16-12(2)15-14(24-18(16)23-11-27)10-22-17(25-15)13-7-5-4-6-8-13/h3-8,12,14-18H,1,9-11,27H2,2H3/t12-,14?,15-,16?,17?,18-/m0/s1. The molecule has 1 aromatic rings. The van der Waals surface area contributed by atoms with E-state index in [1.54, 1.807) is 0 Å². The molecule has 148 valence electrons. The second-order valence-electron chi connectivity index (χ2n) is 6.34. The summed E-state index contributed by atoms with van der Waals surface area (Å²) in [5.41, 5.74) is 0.925. The fourth-order valence-corrected chi connectivity index (χ4v) is 3.45. The van der Waals surface area contributed by atoms with Crippen molar-refractivity contribution in [1.82, 2.24) is 0 Å². The zero-order valence-electron chi connectivity index (χ0n) is 15.2. The molecule has 2 aliphatic rings. The Labute approximate surface area is 161 Å². The summed E-state index contributed by atoms with van der Waals surface area (Å²) in [5, 5.41) is 0. The van der Waals surface area contributed by atoms with Gasteiger partial charge in [0.05, 0.1) is 19.1 Å². The van der Waals surface area contributed by atoms with Gasteiger partial charge in [0, 0.05) is 11.5 Å². The lowest BCUT2D eigenvalue weighted by atomic mass is 9.89. The normalized spacial score (nSPS) is 33.0. The zero-order chi connectivity index (χ0) is 19.2. The molecular formula is C19H25O7P. The molecule has 27 heavy (non-hydrogen) atoms. The number of rotatable bonds is 6. The van der Waals surface area contributed by atoms with Crippen LogP contribution in [0.1, 0.15) is 18.8 Å². The second kappa shape index (κ2) is 9.62. The SMILES string of the molecule is C=CCOC(=O)OC1[C@@H](OCP)OC2COC(c3ccccc3)O[C@H]2[C@@H]1C. The molecule has 2 fully saturated rings. The fraction of sp³-hybridized carbons (Fsp3) is 0.526. The molecule has 0 saturated carbocycles. The average molecular weight is 396 g/mol. The highest BCUT2D eigenvalue weighted by Gasteiger charge is 2.50. The molecule has 7 nitrogen and oxygen atoms in total. The summed E-state index contributed by atoms with van der Waals surface area (Å²) in [6, 6.07) is 9.68. The van der Waals surface area contributed by atoms with Crippen molar-refractivity contribution in [3.05, 3.63) is 48.6 Å². The van der Waals surface area contributed by atoms with E-state index in [9.17, 15) is 4.79 Å². The van der Waals surface area contributed by atoms with Crippen molar-refractivity contribution in [2.24, 2.45) is 5.92 Å². The number of hydrogen-bond donors (Lipinski definition) is 0. The summed E-state index contributed by atoms with van der Waals surface area (Å²) in [4.78, 5) is 11.9. The van der Waals surface area contributed by atoms with Crippen molar-refractivity contribution in [2.75, 3.05) is 19.6 Å². The first-order valence-electron chi connectivity index (χ1n) is 8.87. The molecule has 0 bridgehead atoms. The molecular weight excluding hydrogens is 371 g/mol. The van der Waals surface area contributed by atoms with Gasteiger partial charge in [0.1, 0.15) is 12.7 Å². The third-order valence-electron chi connectivity index (χ3n) is 4.56. The van der Waals surface area contributed by atoms with Gasteiger partial charge in [0.25, 0.3) is 0 Å². The summed E-state index contributed by atoms with van der Waals surface area (Å²) in [6.45, 7) is 5.89. The Hall–Kier alpha value is -1.50. The first-order valence-corrected chi connectivity index (χ1v) is 9.69. The molecule has 0 amide bonds. The number of carbonyl (C=O) groups is 1. The third kappa shape index (κ3) is 4.86. The third-order valence-corrected chi connectivity index (χ3v) is 4.75. The van der Waals surface area contributed by atoms with Crippen LogP contribution >= 0.6 is 9.24 Å². The second-order valence-corrected chi connectivity index (χ2v) is 6.68. The fourth-order valence-electron chi connectivity index (χ4n) is 3.26. The van der Waals surface area contributed by atoms with Crippen LogP contribution in [0.4, 0.5) is 4.79 Å². The summed E-state index contributed by atoms with van der Waals surface area (Å²) in [7, 11) is 2.46. The predicted octanol–water partition coefficient (Wildman–Crippen LogP) is 3.02. The minimum absolute atomic E-state index is 0.0718. The van der Waals surface area contributed by atoms with E-state index in [1.807, 2.05) is 37.3 Å². The maximum absolute atomic E-state index is 11.9. The zero-order valence-corrected chi connectivity index (χ0v) is 16.3. The number of fused-ring (bicyclic) bond motifs is 1. The maximum Gasteiger partial charge on any atom is 0.509 e. The van der Waals surface area contributed by atoms with E-state index in [4.69, 9.17) is 28.4 Å². The monoisotopic (exact) mass is 396 g/mol. The van der Waals surface area contributed by atoms with Gasteiger partial charge in [0.15, 0.2) is 18.7 Å². The Morgan fingerprint density at radius 2 is 2.11 bits per heavy atom. The first kappa shape index (κ1) is 20.2. The molecule has 0 aliphatic carbocycles. The van der Waals surface area contributed by atoms with Crippen LogP contribution in [-0.4, -0.2) is 50.3 Å². The predicted molar refractivity (Wildman–Crippen MR) is 99.9 cm³/mol. The van der Waals surface area contributed by atoms with Crippen molar-refractivity contribution < 1.29 is 33.2 Å². The molecule has 1 aromatic carbocycles. The van der Waals surface area contributed by atoms with E-state index in [2.05, 4.69) is 15.8 Å². The summed E-state index contributed by atoms with van der Waals surface area (Å²) in [5.74, 6) is -0.184. The number of benzene rings is 1. The number of hydrogen-bond acceptors (Lipinski definition) is 7. The van der Waals surface area contributed by atoms with Crippen molar-refractivity contribution in [2.45, 2.75) is 37.8 Å². The molecule has 4 unspecified atom stereocenters. The van der Waals surface area contributed by atoms with E-state index in [0.717, 1.165) is 5.56 Å². The number of ether oxygens (including phenoxy) is 6. The molecule has 0 spiro atoms. The highest BCUT2D eigenvalue weighted by molar-refractivity contribution is 7.16. The minimum Gasteiger partial charge on any atom is -0.430 e. The van der Waals surface area contributed by atoms with Crippen molar-refractivity contribution >= 4 is 15.4 Å². The Bertz CT molecular complexity index is 626. The van der Waals surface area contributed by atoms with E-state index < -0.39 is 24.8 Å². The Morgan fingerprint density at radius 1 is 1.33 bits per heavy atom. The molecule has 0 radical (unpaired) electrons. The molecule has 2 saturated heterocycles. The Balaban J connectivity index is 1.72. The molecule has 2 aliphatic heterocycles. The maximum atomic E-state index is 11.9. The van der Waals surface area contributed by atoms with Crippen molar-refractivity contribution in [3.8, 4) is 0 Å². The van der Waals surface area contributed by atoms with Crippen LogP contribution < -0.4 is 0 Å². The van der Waals surface area contributed by atoms with Crippen LogP contribution in [0.5, 0.6) is 0 Å². The van der Waals surface area contributed by atoms with Crippen LogP contribution in [0.2, 0.25) is 0 Å². The van der Waals surface area contributed by atoms with E-state index in [-0.39, 0.29) is 24.7 Å². The van der Waals surface area contributed by atoms with Gasteiger partial charge in [-0.1, -0.05) is 49.9 Å². The Morgan fingerprint density at radius 3 is 2.81 bits per heavy atom. The molecule has 8 heteroatoms. The smallest absolute Gasteiger partial charge is 0.430 e. The van der Waals surface area contributed by atoms with Gasteiger partial charge < -0.3 is 28.4 Å². The van der Waals surface area contributed by atoms with Crippen LogP contribution in [0.25, 0.3) is 0 Å². The van der Waals surface area contributed by atoms with Crippen LogP contribution in [0, 0.1) is 5.92 Å². The summed E-state index contributed by atoms with van der Waals surface area (Å²) in [6.07, 6.45) is -1.50. The minimum atomic E-state index is -0.794. The van der Waals surface area contributed by atoms with Gasteiger partial charge in [-0.05, 0) is 0 Å². The van der Waals surface area contributed by atoms with Gasteiger partial charge in [-0.3, -0.25) is 0 Å². The van der Waals surface area contributed by atoms with E-state index in [0.29, 0.717) is 13.0 Å². The van der Waals surface area contributed by atoms with Gasteiger partial charge in [-0.25, -0.2) is 4.79 Å². The Kier molecular flexibility index (Phi) is 7.21.